The lowest BCUT2D eigenvalue weighted by Crippen LogP contribution is -2.46. The molecule has 6 nitrogen and oxygen atoms in total. The second kappa shape index (κ2) is 6.48. The highest BCUT2D eigenvalue weighted by molar-refractivity contribution is 9.10. The number of carbonyl (C=O) groups is 1. The van der Waals surface area contributed by atoms with E-state index in [2.05, 4.69) is 27.3 Å². The summed E-state index contributed by atoms with van der Waals surface area (Å²) in [6, 6.07) is 6.19. The fraction of sp³-hybridized carbons (Fsp3) is 0.385. The van der Waals surface area contributed by atoms with Crippen molar-refractivity contribution < 1.29 is 9.72 Å². The first-order valence-electron chi connectivity index (χ1n) is 6.06. The first kappa shape index (κ1) is 16.1. The Kier molecular flexibility index (Phi) is 5.22. The highest BCUT2D eigenvalue weighted by Crippen LogP contribution is 2.26. The van der Waals surface area contributed by atoms with Crippen molar-refractivity contribution in [3.63, 3.8) is 0 Å². The minimum Gasteiger partial charge on any atom is -0.334 e. The van der Waals surface area contributed by atoms with Crippen molar-refractivity contribution in [2.45, 2.75) is 32.2 Å². The van der Waals surface area contributed by atoms with Gasteiger partial charge in [0.2, 0.25) is 0 Å². The Bertz CT molecular complexity index is 577. The minimum atomic E-state index is -0.945. The van der Waals surface area contributed by atoms with E-state index in [-0.39, 0.29) is 11.3 Å². The molecule has 20 heavy (non-hydrogen) atoms. The lowest BCUT2D eigenvalue weighted by atomic mass is 9.94. The molecule has 0 aliphatic carbocycles. The zero-order valence-electron chi connectivity index (χ0n) is 11.1. The molecule has 0 unspecified atom stereocenters. The second-order valence-corrected chi connectivity index (χ2v) is 5.13. The number of nitrogens with zero attached hydrogens (tertiary/aromatic N) is 2. The highest BCUT2D eigenvalue weighted by atomic mass is 79.9. The van der Waals surface area contributed by atoms with Gasteiger partial charge in [-0.1, -0.05) is 13.8 Å². The van der Waals surface area contributed by atoms with Crippen molar-refractivity contribution in [3.05, 3.63) is 38.3 Å². The normalized spacial score (nSPS) is 10.7. The topological polar surface area (TPSA) is 96.0 Å². The average Bonchev–Trinajstić information content (AvgIpc) is 2.45. The zero-order valence-corrected chi connectivity index (χ0v) is 12.7. The van der Waals surface area contributed by atoms with Gasteiger partial charge < -0.3 is 5.32 Å². The van der Waals surface area contributed by atoms with Crippen LogP contribution in [0.25, 0.3) is 0 Å². The first-order chi connectivity index (χ1) is 9.39. The average molecular weight is 340 g/mol. The maximum absolute atomic E-state index is 12.1. The molecular weight excluding hydrogens is 326 g/mol. The number of amides is 1. The Balaban J connectivity index is 3.08. The molecule has 0 aliphatic rings. The molecule has 0 heterocycles. The van der Waals surface area contributed by atoms with Crippen molar-refractivity contribution in [2.24, 2.45) is 0 Å². The number of hydrogen-bond donors (Lipinski definition) is 1. The summed E-state index contributed by atoms with van der Waals surface area (Å²) in [7, 11) is 0. The summed E-state index contributed by atoms with van der Waals surface area (Å²) in [6.45, 7) is 3.61. The van der Waals surface area contributed by atoms with E-state index in [0.717, 1.165) is 0 Å². The number of hydrogen-bond acceptors (Lipinski definition) is 4. The number of rotatable bonds is 5. The van der Waals surface area contributed by atoms with Gasteiger partial charge in [-0.3, -0.25) is 14.9 Å². The van der Waals surface area contributed by atoms with Crippen LogP contribution in [0.4, 0.5) is 5.69 Å². The standard InChI is InChI=1S/C13H14BrN3O3/c1-3-13(4-2,8-15)16-12(18)9-5-6-10(14)11(7-9)17(19)20/h5-7H,3-4H2,1-2H3,(H,16,18). The zero-order chi connectivity index (χ0) is 15.3. The third-order valence-electron chi connectivity index (χ3n) is 3.18. The monoisotopic (exact) mass is 339 g/mol. The van der Waals surface area contributed by atoms with E-state index in [1.807, 2.05) is 0 Å². The molecule has 0 saturated carbocycles. The molecular formula is C13H14BrN3O3. The van der Waals surface area contributed by atoms with Gasteiger partial charge in [0, 0.05) is 11.6 Å². The molecule has 0 atom stereocenters. The van der Waals surface area contributed by atoms with Crippen LogP contribution < -0.4 is 5.32 Å². The summed E-state index contributed by atoms with van der Waals surface area (Å²) in [5.41, 5.74) is -0.978. The van der Waals surface area contributed by atoms with Crippen molar-refractivity contribution >= 4 is 27.5 Å². The number of carbonyl (C=O) groups excluding carboxylic acids is 1. The quantitative estimate of drug-likeness (QED) is 0.658. The third kappa shape index (κ3) is 3.33. The molecule has 0 fully saturated rings. The largest absolute Gasteiger partial charge is 0.334 e. The molecule has 106 valence electrons. The molecule has 0 aromatic heterocycles. The Morgan fingerprint density at radius 3 is 2.55 bits per heavy atom. The van der Waals surface area contributed by atoms with E-state index >= 15 is 0 Å². The van der Waals surface area contributed by atoms with E-state index in [4.69, 9.17) is 0 Å². The molecule has 0 bridgehead atoms. The van der Waals surface area contributed by atoms with E-state index in [9.17, 15) is 20.2 Å². The molecule has 0 radical (unpaired) electrons. The first-order valence-corrected chi connectivity index (χ1v) is 6.86. The van der Waals surface area contributed by atoms with E-state index < -0.39 is 16.4 Å². The third-order valence-corrected chi connectivity index (χ3v) is 3.85. The van der Waals surface area contributed by atoms with Gasteiger partial charge in [0.15, 0.2) is 0 Å². The van der Waals surface area contributed by atoms with Crippen LogP contribution in [0.15, 0.2) is 22.7 Å². The highest BCUT2D eigenvalue weighted by Gasteiger charge is 2.28. The van der Waals surface area contributed by atoms with Crippen LogP contribution in [0.1, 0.15) is 37.0 Å². The molecule has 1 amide bonds. The van der Waals surface area contributed by atoms with Gasteiger partial charge in [-0.25, -0.2) is 0 Å². The van der Waals surface area contributed by atoms with Gasteiger partial charge in [0.1, 0.15) is 5.54 Å². The number of nitriles is 1. The van der Waals surface area contributed by atoms with Crippen LogP contribution in [-0.2, 0) is 0 Å². The van der Waals surface area contributed by atoms with Gasteiger partial charge in [0.25, 0.3) is 11.6 Å². The van der Waals surface area contributed by atoms with Crippen LogP contribution >= 0.6 is 15.9 Å². The van der Waals surface area contributed by atoms with Crippen molar-refractivity contribution in [1.29, 1.82) is 5.26 Å². The molecule has 7 heteroatoms. The summed E-state index contributed by atoms with van der Waals surface area (Å²) >= 11 is 3.06. The van der Waals surface area contributed by atoms with Gasteiger partial charge in [-0.05, 0) is 40.9 Å². The molecule has 0 spiro atoms. The maximum atomic E-state index is 12.1. The predicted octanol–water partition coefficient (Wildman–Crippen LogP) is 3.17. The van der Waals surface area contributed by atoms with Crippen LogP contribution in [0.3, 0.4) is 0 Å². The van der Waals surface area contributed by atoms with Crippen molar-refractivity contribution in [1.82, 2.24) is 5.32 Å². The molecule has 1 aromatic rings. The molecule has 1 N–H and O–H groups in total. The summed E-state index contributed by atoms with van der Waals surface area (Å²) in [6.07, 6.45) is 0.925. The van der Waals surface area contributed by atoms with Crippen LogP contribution in [0.5, 0.6) is 0 Å². The summed E-state index contributed by atoms with van der Waals surface area (Å²) < 4.78 is 0.302. The second-order valence-electron chi connectivity index (χ2n) is 4.28. The smallest absolute Gasteiger partial charge is 0.284 e. The van der Waals surface area contributed by atoms with E-state index in [1.54, 1.807) is 13.8 Å². The van der Waals surface area contributed by atoms with Gasteiger partial charge in [-0.15, -0.1) is 0 Å². The van der Waals surface area contributed by atoms with E-state index in [0.29, 0.717) is 17.3 Å². The van der Waals surface area contributed by atoms with Crippen molar-refractivity contribution in [2.75, 3.05) is 0 Å². The Morgan fingerprint density at radius 1 is 1.50 bits per heavy atom. The lowest BCUT2D eigenvalue weighted by molar-refractivity contribution is -0.385. The van der Waals surface area contributed by atoms with E-state index in [1.165, 1.54) is 18.2 Å². The van der Waals surface area contributed by atoms with Crippen LogP contribution in [-0.4, -0.2) is 16.4 Å². The summed E-state index contributed by atoms with van der Waals surface area (Å²) in [5, 5.41) is 22.7. The molecule has 1 aromatic carbocycles. The Hall–Kier alpha value is -1.94. The lowest BCUT2D eigenvalue weighted by Gasteiger charge is -2.24. The fourth-order valence-corrected chi connectivity index (χ4v) is 2.09. The van der Waals surface area contributed by atoms with Crippen LogP contribution in [0, 0.1) is 21.4 Å². The molecule has 1 rings (SSSR count). The van der Waals surface area contributed by atoms with Gasteiger partial charge in [0.05, 0.1) is 15.5 Å². The molecule has 0 saturated heterocycles. The maximum Gasteiger partial charge on any atom is 0.284 e. The summed E-state index contributed by atoms with van der Waals surface area (Å²) in [5.74, 6) is -0.495. The fourth-order valence-electron chi connectivity index (χ4n) is 1.70. The predicted molar refractivity (Wildman–Crippen MR) is 77.2 cm³/mol. The van der Waals surface area contributed by atoms with Crippen LogP contribution in [0.2, 0.25) is 0 Å². The minimum absolute atomic E-state index is 0.154. The number of benzene rings is 1. The number of nitro groups is 1. The summed E-state index contributed by atoms with van der Waals surface area (Å²) in [4.78, 5) is 22.4. The van der Waals surface area contributed by atoms with Crippen molar-refractivity contribution in [3.8, 4) is 6.07 Å². The number of nitrogens with one attached hydrogen (secondary N) is 1. The molecule has 0 aliphatic heterocycles. The SMILES string of the molecule is CCC(C#N)(CC)NC(=O)c1ccc(Br)c([N+](=O)[O-])c1. The Labute approximate surface area is 125 Å². The Morgan fingerprint density at radius 2 is 2.10 bits per heavy atom. The van der Waals surface area contributed by atoms with Gasteiger partial charge >= 0.3 is 0 Å². The number of nitro benzene ring substituents is 1. The number of halogens is 1. The van der Waals surface area contributed by atoms with Gasteiger partial charge in [-0.2, -0.15) is 5.26 Å².